The predicted octanol–water partition coefficient (Wildman–Crippen LogP) is 4.09. The Morgan fingerprint density at radius 1 is 1.42 bits per heavy atom. The Morgan fingerprint density at radius 3 is 3.00 bits per heavy atom. The molecule has 3 aromatic rings. The van der Waals surface area contributed by atoms with E-state index in [1.807, 2.05) is 54.1 Å². The van der Waals surface area contributed by atoms with E-state index in [0.717, 1.165) is 47.2 Å². The Kier molecular flexibility index (Phi) is 6.94. The number of carbonyl (C=O) groups is 1. The summed E-state index contributed by atoms with van der Waals surface area (Å²) >= 11 is 2.98. The lowest BCUT2D eigenvalue weighted by atomic mass is 10.2. The maximum Gasteiger partial charge on any atom is 0.233 e. The zero-order valence-electron chi connectivity index (χ0n) is 17.8. The third kappa shape index (κ3) is 4.94. The molecule has 3 heterocycles. The highest BCUT2D eigenvalue weighted by molar-refractivity contribution is 8.00. The van der Waals surface area contributed by atoms with Crippen molar-refractivity contribution in [2.75, 3.05) is 20.3 Å². The molecular weight excluding hydrogens is 432 g/mol. The number of hydrogen-bond acceptors (Lipinski definition) is 7. The minimum atomic E-state index is -0.337. The first-order valence-electron chi connectivity index (χ1n) is 10.3. The Morgan fingerprint density at radius 2 is 2.29 bits per heavy atom. The summed E-state index contributed by atoms with van der Waals surface area (Å²) in [5.74, 6) is 1.41. The summed E-state index contributed by atoms with van der Waals surface area (Å²) in [5.41, 5.74) is 1.95. The van der Waals surface area contributed by atoms with Crippen LogP contribution in [0.25, 0.3) is 16.4 Å². The molecule has 164 valence electrons. The van der Waals surface area contributed by atoms with Crippen LogP contribution < -0.4 is 10.1 Å². The third-order valence-corrected chi connectivity index (χ3v) is 7.04. The molecule has 2 unspecified atom stereocenters. The molecule has 2 atom stereocenters. The van der Waals surface area contributed by atoms with Crippen LogP contribution in [-0.2, 0) is 9.53 Å². The lowest BCUT2D eigenvalue weighted by molar-refractivity contribution is -0.120. The number of nitrogens with one attached hydrogen (secondary N) is 1. The van der Waals surface area contributed by atoms with Gasteiger partial charge in [-0.05, 0) is 55.8 Å². The summed E-state index contributed by atoms with van der Waals surface area (Å²) in [6, 6.07) is 9.99. The largest absolute Gasteiger partial charge is 0.495 e. The monoisotopic (exact) mass is 458 g/mol. The number of rotatable bonds is 8. The number of hydrogen-bond donors (Lipinski definition) is 1. The van der Waals surface area contributed by atoms with Crippen LogP contribution >= 0.6 is 23.1 Å². The number of carbonyl (C=O) groups excluding carboxylic acids is 1. The summed E-state index contributed by atoms with van der Waals surface area (Å²) in [7, 11) is 1.65. The van der Waals surface area contributed by atoms with E-state index >= 15 is 0 Å². The van der Waals surface area contributed by atoms with Crippen molar-refractivity contribution in [3.8, 4) is 22.1 Å². The average Bonchev–Trinajstić information content (AvgIpc) is 3.53. The minimum absolute atomic E-state index is 0.0380. The van der Waals surface area contributed by atoms with Gasteiger partial charge in [0.25, 0.3) is 0 Å². The summed E-state index contributed by atoms with van der Waals surface area (Å²) < 4.78 is 13.2. The van der Waals surface area contributed by atoms with Gasteiger partial charge in [-0.1, -0.05) is 23.9 Å². The maximum absolute atomic E-state index is 12.7. The number of benzene rings is 1. The highest BCUT2D eigenvalue weighted by Crippen LogP contribution is 2.35. The molecule has 0 spiro atoms. The fourth-order valence-electron chi connectivity index (χ4n) is 3.48. The molecule has 2 aromatic heterocycles. The van der Waals surface area contributed by atoms with Crippen LogP contribution in [-0.4, -0.2) is 52.3 Å². The van der Waals surface area contributed by atoms with Gasteiger partial charge in [0.1, 0.15) is 5.75 Å². The predicted molar refractivity (Wildman–Crippen MR) is 123 cm³/mol. The fraction of sp³-hybridized carbons (Fsp3) is 0.409. The van der Waals surface area contributed by atoms with Crippen molar-refractivity contribution in [2.24, 2.45) is 0 Å². The van der Waals surface area contributed by atoms with Gasteiger partial charge in [-0.15, -0.1) is 21.5 Å². The molecule has 1 N–H and O–H groups in total. The minimum Gasteiger partial charge on any atom is -0.495 e. The van der Waals surface area contributed by atoms with Crippen LogP contribution in [0.4, 0.5) is 0 Å². The maximum atomic E-state index is 12.7. The molecule has 1 saturated heterocycles. The van der Waals surface area contributed by atoms with E-state index in [0.29, 0.717) is 11.7 Å². The zero-order chi connectivity index (χ0) is 21.8. The Hall–Kier alpha value is -2.36. The smallest absolute Gasteiger partial charge is 0.233 e. The lowest BCUT2D eigenvalue weighted by Gasteiger charge is -2.17. The summed E-state index contributed by atoms with van der Waals surface area (Å²) in [6.45, 7) is 5.24. The quantitative estimate of drug-likeness (QED) is 0.512. The molecule has 1 fully saturated rings. The van der Waals surface area contributed by atoms with E-state index in [1.165, 1.54) is 11.8 Å². The molecule has 0 radical (unpaired) electrons. The molecule has 9 heteroatoms. The molecule has 1 aliphatic rings. The van der Waals surface area contributed by atoms with Crippen molar-refractivity contribution in [3.63, 3.8) is 0 Å². The van der Waals surface area contributed by atoms with Gasteiger partial charge >= 0.3 is 0 Å². The standard InChI is InChI=1S/C22H26N4O3S2/c1-14-8-9-18(28-3)17(12-14)26-20(19-7-5-11-30-19)24-25-22(26)31-15(2)21(27)23-13-16-6-4-10-29-16/h5,7-9,11-12,15-16H,4,6,10,13H2,1-3H3,(H,23,27). The summed E-state index contributed by atoms with van der Waals surface area (Å²) in [5, 5.41) is 14.2. The molecule has 1 amide bonds. The summed E-state index contributed by atoms with van der Waals surface area (Å²) in [4.78, 5) is 13.7. The fourth-order valence-corrected chi connectivity index (χ4v) is 5.06. The Labute approximate surface area is 190 Å². The molecule has 1 aliphatic heterocycles. The SMILES string of the molecule is COc1ccc(C)cc1-n1c(SC(C)C(=O)NCC2CCCO2)nnc1-c1cccs1. The van der Waals surface area contributed by atoms with E-state index in [1.54, 1.807) is 18.4 Å². The van der Waals surface area contributed by atoms with Crippen molar-refractivity contribution in [3.05, 3.63) is 41.3 Å². The van der Waals surface area contributed by atoms with Crippen molar-refractivity contribution < 1.29 is 14.3 Å². The number of aromatic nitrogens is 3. The number of nitrogens with zero attached hydrogens (tertiary/aromatic N) is 3. The van der Waals surface area contributed by atoms with Crippen LogP contribution in [0.3, 0.4) is 0 Å². The molecule has 0 saturated carbocycles. The number of amides is 1. The first-order valence-corrected chi connectivity index (χ1v) is 12.0. The summed E-state index contributed by atoms with van der Waals surface area (Å²) in [6.07, 6.45) is 2.16. The zero-order valence-corrected chi connectivity index (χ0v) is 19.5. The van der Waals surface area contributed by atoms with E-state index < -0.39 is 0 Å². The molecule has 0 bridgehead atoms. The van der Waals surface area contributed by atoms with E-state index in [9.17, 15) is 4.79 Å². The highest BCUT2D eigenvalue weighted by Gasteiger charge is 2.25. The van der Waals surface area contributed by atoms with Crippen LogP contribution in [0.1, 0.15) is 25.3 Å². The van der Waals surface area contributed by atoms with Gasteiger partial charge in [-0.2, -0.15) is 0 Å². The van der Waals surface area contributed by atoms with E-state index in [2.05, 4.69) is 15.5 Å². The van der Waals surface area contributed by atoms with Gasteiger partial charge in [0.15, 0.2) is 11.0 Å². The second kappa shape index (κ2) is 9.84. The van der Waals surface area contributed by atoms with Gasteiger partial charge in [0, 0.05) is 13.2 Å². The number of thiophene rings is 1. The van der Waals surface area contributed by atoms with Crippen LogP contribution in [0.2, 0.25) is 0 Å². The van der Waals surface area contributed by atoms with Crippen LogP contribution in [0.15, 0.2) is 40.9 Å². The van der Waals surface area contributed by atoms with Crippen LogP contribution in [0.5, 0.6) is 5.75 Å². The van der Waals surface area contributed by atoms with Gasteiger partial charge in [0.05, 0.1) is 29.0 Å². The number of methoxy groups -OCH3 is 1. The number of thioether (sulfide) groups is 1. The third-order valence-electron chi connectivity index (χ3n) is 5.13. The Bertz CT molecular complexity index is 1030. The highest BCUT2D eigenvalue weighted by atomic mass is 32.2. The van der Waals surface area contributed by atoms with Gasteiger partial charge in [-0.25, -0.2) is 0 Å². The van der Waals surface area contributed by atoms with Gasteiger partial charge in [-0.3, -0.25) is 9.36 Å². The molecular formula is C22H26N4O3S2. The first kappa shape index (κ1) is 21.9. The lowest BCUT2D eigenvalue weighted by Crippen LogP contribution is -2.36. The van der Waals surface area contributed by atoms with Gasteiger partial charge < -0.3 is 14.8 Å². The average molecular weight is 459 g/mol. The van der Waals surface area contributed by atoms with Crippen molar-refractivity contribution >= 4 is 29.0 Å². The second-order valence-corrected chi connectivity index (χ2v) is 9.69. The number of aryl methyl sites for hydroxylation is 1. The molecule has 7 nitrogen and oxygen atoms in total. The van der Waals surface area contributed by atoms with Crippen LogP contribution in [0, 0.1) is 6.92 Å². The first-order chi connectivity index (χ1) is 15.1. The normalized spacial score (nSPS) is 16.9. The van der Waals surface area contributed by atoms with Gasteiger partial charge in [0.2, 0.25) is 5.91 Å². The molecule has 0 aliphatic carbocycles. The Balaban J connectivity index is 1.62. The molecule has 1 aromatic carbocycles. The van der Waals surface area contributed by atoms with Crippen molar-refractivity contribution in [1.29, 1.82) is 0 Å². The van der Waals surface area contributed by atoms with Crippen molar-refractivity contribution in [2.45, 2.75) is 43.2 Å². The molecule has 31 heavy (non-hydrogen) atoms. The number of ether oxygens (including phenoxy) is 2. The van der Waals surface area contributed by atoms with Crippen molar-refractivity contribution in [1.82, 2.24) is 20.1 Å². The van der Waals surface area contributed by atoms with E-state index in [4.69, 9.17) is 9.47 Å². The second-order valence-electron chi connectivity index (χ2n) is 7.43. The van der Waals surface area contributed by atoms with E-state index in [-0.39, 0.29) is 17.3 Å². The molecule has 4 rings (SSSR count). The topological polar surface area (TPSA) is 78.3 Å².